The highest BCUT2D eigenvalue weighted by Crippen LogP contribution is 2.33. The summed E-state index contributed by atoms with van der Waals surface area (Å²) in [6, 6.07) is 4.95. The number of nitrogens with zero attached hydrogens (tertiary/aromatic N) is 2. The Morgan fingerprint density at radius 1 is 1.52 bits per heavy atom. The minimum atomic E-state index is -2.89. The zero-order valence-electron chi connectivity index (χ0n) is 11.6. The number of amidine groups is 1. The van der Waals surface area contributed by atoms with Crippen molar-refractivity contribution in [3.05, 3.63) is 23.9 Å². The van der Waals surface area contributed by atoms with Gasteiger partial charge in [-0.15, -0.1) is 0 Å². The van der Waals surface area contributed by atoms with Gasteiger partial charge in [-0.25, -0.2) is 0 Å². The van der Waals surface area contributed by atoms with Crippen LogP contribution in [0.3, 0.4) is 0 Å². The fourth-order valence-electron chi connectivity index (χ4n) is 2.35. The molecule has 21 heavy (non-hydrogen) atoms. The summed E-state index contributed by atoms with van der Waals surface area (Å²) in [6.45, 7) is -2.15. The Balaban J connectivity index is 2.07. The molecule has 0 saturated heterocycles. The molecule has 0 aromatic carbocycles. The standard InChI is InChI=1S/C14H16F2N4O/c1-18-12(17)10-6-9-4-5-11(21-14(15)16)19-13(9)20(10)7-8-2-3-8/h4-6,8,14H,2-3,7H2,1H3,(H2,17,18). The second-order valence-corrected chi connectivity index (χ2v) is 5.15. The molecule has 3 rings (SSSR count). The van der Waals surface area contributed by atoms with Crippen molar-refractivity contribution in [3.8, 4) is 5.88 Å². The Morgan fingerprint density at radius 2 is 2.29 bits per heavy atom. The van der Waals surface area contributed by atoms with Gasteiger partial charge in [0.25, 0.3) is 0 Å². The molecule has 0 spiro atoms. The maximum Gasteiger partial charge on any atom is 0.388 e. The van der Waals surface area contributed by atoms with Crippen LogP contribution in [0.2, 0.25) is 0 Å². The van der Waals surface area contributed by atoms with Crippen LogP contribution in [0.1, 0.15) is 18.5 Å². The van der Waals surface area contributed by atoms with Crippen LogP contribution >= 0.6 is 0 Å². The van der Waals surface area contributed by atoms with Gasteiger partial charge < -0.3 is 14.6 Å². The highest BCUT2D eigenvalue weighted by Gasteiger charge is 2.25. The normalized spacial score (nSPS) is 14.7. The predicted molar refractivity (Wildman–Crippen MR) is 75.0 cm³/mol. The van der Waals surface area contributed by atoms with Gasteiger partial charge in [-0.2, -0.15) is 13.8 Å². The summed E-state index contributed by atoms with van der Waals surface area (Å²) in [5.41, 5.74) is 1.29. The summed E-state index contributed by atoms with van der Waals surface area (Å²) in [5.74, 6) is 0.755. The summed E-state index contributed by atoms with van der Waals surface area (Å²) >= 11 is 0. The molecule has 5 nitrogen and oxygen atoms in total. The molecular formula is C14H16F2N4O. The summed E-state index contributed by atoms with van der Waals surface area (Å²) in [5, 5.41) is 11.6. The van der Waals surface area contributed by atoms with Crippen molar-refractivity contribution in [1.82, 2.24) is 14.9 Å². The maximum atomic E-state index is 12.3. The highest BCUT2D eigenvalue weighted by molar-refractivity contribution is 5.99. The van der Waals surface area contributed by atoms with Crippen molar-refractivity contribution < 1.29 is 13.5 Å². The number of ether oxygens (including phenoxy) is 1. The second-order valence-electron chi connectivity index (χ2n) is 5.15. The minimum absolute atomic E-state index is 0.102. The molecule has 2 N–H and O–H groups in total. The lowest BCUT2D eigenvalue weighted by Crippen LogP contribution is -2.22. The molecule has 7 heteroatoms. The van der Waals surface area contributed by atoms with E-state index in [4.69, 9.17) is 5.41 Å². The molecule has 1 saturated carbocycles. The van der Waals surface area contributed by atoms with Gasteiger partial charge in [-0.1, -0.05) is 0 Å². The SMILES string of the molecule is CNC(=N)c1cc2ccc(OC(F)F)nc2n1CC1CC1. The molecule has 2 aromatic rings. The van der Waals surface area contributed by atoms with Crippen LogP contribution in [0.4, 0.5) is 8.78 Å². The number of pyridine rings is 1. The molecular weight excluding hydrogens is 278 g/mol. The van der Waals surface area contributed by atoms with Gasteiger partial charge in [0, 0.05) is 25.0 Å². The van der Waals surface area contributed by atoms with Crippen LogP contribution < -0.4 is 10.1 Å². The number of hydrogen-bond acceptors (Lipinski definition) is 3. The highest BCUT2D eigenvalue weighted by atomic mass is 19.3. The first kappa shape index (κ1) is 13.8. The van der Waals surface area contributed by atoms with E-state index in [0.29, 0.717) is 17.3 Å². The topological polar surface area (TPSA) is 62.9 Å². The van der Waals surface area contributed by atoms with E-state index in [9.17, 15) is 8.78 Å². The second kappa shape index (κ2) is 5.31. The van der Waals surface area contributed by atoms with Crippen molar-refractivity contribution in [1.29, 1.82) is 5.41 Å². The molecule has 112 valence electrons. The third-order valence-electron chi connectivity index (χ3n) is 3.57. The molecule has 0 aliphatic heterocycles. The lowest BCUT2D eigenvalue weighted by molar-refractivity contribution is -0.0526. The Kier molecular flexibility index (Phi) is 3.48. The predicted octanol–water partition coefficient (Wildman–Crippen LogP) is 2.59. The summed E-state index contributed by atoms with van der Waals surface area (Å²) in [4.78, 5) is 4.17. The van der Waals surface area contributed by atoms with E-state index in [-0.39, 0.29) is 11.7 Å². The van der Waals surface area contributed by atoms with Gasteiger partial charge >= 0.3 is 6.61 Å². The molecule has 2 aromatic heterocycles. The fourth-order valence-corrected chi connectivity index (χ4v) is 2.35. The van der Waals surface area contributed by atoms with E-state index in [0.717, 1.165) is 24.8 Å². The van der Waals surface area contributed by atoms with Gasteiger partial charge in [0.15, 0.2) is 0 Å². The third-order valence-corrected chi connectivity index (χ3v) is 3.57. The Labute approximate surface area is 120 Å². The van der Waals surface area contributed by atoms with Crippen molar-refractivity contribution in [2.24, 2.45) is 5.92 Å². The van der Waals surface area contributed by atoms with E-state index < -0.39 is 6.61 Å². The molecule has 0 amide bonds. The smallest absolute Gasteiger partial charge is 0.388 e. The Morgan fingerprint density at radius 3 is 2.90 bits per heavy atom. The number of alkyl halides is 2. The zero-order valence-corrected chi connectivity index (χ0v) is 11.6. The van der Waals surface area contributed by atoms with Crippen LogP contribution in [0.5, 0.6) is 5.88 Å². The van der Waals surface area contributed by atoms with Crippen LogP contribution in [0.25, 0.3) is 11.0 Å². The van der Waals surface area contributed by atoms with Gasteiger partial charge in [0.1, 0.15) is 11.5 Å². The van der Waals surface area contributed by atoms with Crippen LogP contribution in [0, 0.1) is 11.3 Å². The fraction of sp³-hybridized carbons (Fsp3) is 0.429. The van der Waals surface area contributed by atoms with Crippen LogP contribution in [-0.4, -0.2) is 29.0 Å². The Bertz CT molecular complexity index is 679. The van der Waals surface area contributed by atoms with Gasteiger partial charge in [0.05, 0.1) is 5.69 Å². The summed E-state index contributed by atoms with van der Waals surface area (Å²) in [7, 11) is 1.68. The van der Waals surface area contributed by atoms with E-state index in [1.54, 1.807) is 13.1 Å². The summed E-state index contributed by atoms with van der Waals surface area (Å²) in [6.07, 6.45) is 2.30. The average molecular weight is 294 g/mol. The maximum absolute atomic E-state index is 12.3. The molecule has 0 atom stereocenters. The molecule has 0 bridgehead atoms. The van der Waals surface area contributed by atoms with Crippen molar-refractivity contribution in [3.63, 3.8) is 0 Å². The molecule has 1 fully saturated rings. The van der Waals surface area contributed by atoms with E-state index >= 15 is 0 Å². The van der Waals surface area contributed by atoms with Crippen molar-refractivity contribution >= 4 is 16.9 Å². The Hall–Kier alpha value is -2.18. The van der Waals surface area contributed by atoms with Gasteiger partial charge in [0.2, 0.25) is 5.88 Å². The van der Waals surface area contributed by atoms with E-state index in [1.807, 2.05) is 10.6 Å². The monoisotopic (exact) mass is 294 g/mol. The average Bonchev–Trinajstić information content (AvgIpc) is 3.19. The zero-order chi connectivity index (χ0) is 15.0. The first-order valence-corrected chi connectivity index (χ1v) is 6.80. The largest absolute Gasteiger partial charge is 0.417 e. The molecule has 1 aliphatic carbocycles. The molecule has 0 unspecified atom stereocenters. The molecule has 1 aliphatic rings. The first-order chi connectivity index (χ1) is 10.1. The first-order valence-electron chi connectivity index (χ1n) is 6.80. The number of halogens is 2. The van der Waals surface area contributed by atoms with Crippen LogP contribution in [0.15, 0.2) is 18.2 Å². The third kappa shape index (κ3) is 2.81. The van der Waals surface area contributed by atoms with Crippen LogP contribution in [-0.2, 0) is 6.54 Å². The van der Waals surface area contributed by atoms with Gasteiger partial charge in [-0.05, 0) is 30.9 Å². The van der Waals surface area contributed by atoms with Gasteiger partial charge in [-0.3, -0.25) is 5.41 Å². The van der Waals surface area contributed by atoms with E-state index in [2.05, 4.69) is 15.0 Å². The number of aromatic nitrogens is 2. The number of fused-ring (bicyclic) bond motifs is 1. The number of hydrogen-bond donors (Lipinski definition) is 2. The van der Waals surface area contributed by atoms with Crippen molar-refractivity contribution in [2.45, 2.75) is 26.0 Å². The number of nitrogens with one attached hydrogen (secondary N) is 2. The summed E-state index contributed by atoms with van der Waals surface area (Å²) < 4.78 is 30.9. The lowest BCUT2D eigenvalue weighted by atomic mass is 10.3. The molecule has 0 radical (unpaired) electrons. The minimum Gasteiger partial charge on any atom is -0.417 e. The van der Waals surface area contributed by atoms with E-state index in [1.165, 1.54) is 6.07 Å². The number of rotatable bonds is 5. The quantitative estimate of drug-likeness (QED) is 0.658. The lowest BCUT2D eigenvalue weighted by Gasteiger charge is -2.10. The molecule has 2 heterocycles. The van der Waals surface area contributed by atoms with Crippen molar-refractivity contribution in [2.75, 3.05) is 7.05 Å².